The first-order chi connectivity index (χ1) is 10.7. The van der Waals surface area contributed by atoms with Crippen molar-refractivity contribution in [1.29, 1.82) is 0 Å². The van der Waals surface area contributed by atoms with Gasteiger partial charge in [0.15, 0.2) is 5.65 Å². The Bertz CT molecular complexity index is 658. The van der Waals surface area contributed by atoms with Crippen molar-refractivity contribution < 1.29 is 4.74 Å². The molecule has 0 bridgehead atoms. The molecule has 0 aromatic carbocycles. The van der Waals surface area contributed by atoms with Crippen molar-refractivity contribution in [2.24, 2.45) is 0 Å². The van der Waals surface area contributed by atoms with Crippen molar-refractivity contribution in [3.05, 3.63) is 23.7 Å². The van der Waals surface area contributed by atoms with Gasteiger partial charge in [0.1, 0.15) is 12.1 Å². The molecule has 22 heavy (non-hydrogen) atoms. The van der Waals surface area contributed by atoms with Crippen LogP contribution in [0.5, 0.6) is 0 Å². The number of anilines is 1. The van der Waals surface area contributed by atoms with Gasteiger partial charge in [0.05, 0.1) is 11.5 Å². The Balaban J connectivity index is 1.92. The lowest BCUT2D eigenvalue weighted by Crippen LogP contribution is -2.40. The second kappa shape index (κ2) is 6.57. The van der Waals surface area contributed by atoms with Crippen LogP contribution in [0, 0.1) is 13.8 Å². The van der Waals surface area contributed by atoms with Crippen LogP contribution in [0.3, 0.4) is 0 Å². The molecule has 0 radical (unpaired) electrons. The molecule has 3 heterocycles. The van der Waals surface area contributed by atoms with E-state index in [2.05, 4.69) is 39.8 Å². The summed E-state index contributed by atoms with van der Waals surface area (Å²) in [5.41, 5.74) is 2.98. The summed E-state index contributed by atoms with van der Waals surface area (Å²) >= 11 is 0. The van der Waals surface area contributed by atoms with Gasteiger partial charge in [-0.05, 0) is 44.7 Å². The van der Waals surface area contributed by atoms with Crippen LogP contribution in [0.4, 0.5) is 5.82 Å². The zero-order valence-electron chi connectivity index (χ0n) is 13.7. The second-order valence-electron chi connectivity index (χ2n) is 6.06. The molecule has 0 amide bonds. The van der Waals surface area contributed by atoms with Crippen LogP contribution in [0.2, 0.25) is 0 Å². The van der Waals surface area contributed by atoms with Crippen molar-refractivity contribution in [2.75, 3.05) is 24.6 Å². The highest BCUT2D eigenvalue weighted by Crippen LogP contribution is 2.28. The number of pyridine rings is 1. The minimum absolute atomic E-state index is 0.303. The number of nitrogens with zero attached hydrogens (tertiary/aromatic N) is 4. The highest BCUT2D eigenvalue weighted by Gasteiger charge is 2.23. The van der Waals surface area contributed by atoms with Crippen LogP contribution in [0.25, 0.3) is 11.0 Å². The highest BCUT2D eigenvalue weighted by molar-refractivity contribution is 5.90. The number of aromatic nitrogens is 3. The highest BCUT2D eigenvalue weighted by atomic mass is 16.5. The zero-order chi connectivity index (χ0) is 15.5. The molecular weight excluding hydrogens is 276 g/mol. The molecule has 118 valence electrons. The van der Waals surface area contributed by atoms with E-state index in [9.17, 15) is 0 Å². The summed E-state index contributed by atoms with van der Waals surface area (Å²) in [5, 5.41) is 1.07. The minimum Gasteiger partial charge on any atom is -0.376 e. The zero-order valence-corrected chi connectivity index (χ0v) is 13.7. The fraction of sp³-hybridized carbons (Fsp3) is 0.588. The molecule has 2 aromatic heterocycles. The van der Waals surface area contributed by atoms with Gasteiger partial charge in [0.25, 0.3) is 0 Å². The molecule has 1 fully saturated rings. The molecule has 3 rings (SSSR count). The van der Waals surface area contributed by atoms with Crippen molar-refractivity contribution in [3.63, 3.8) is 0 Å². The van der Waals surface area contributed by atoms with Crippen LogP contribution in [0.15, 0.2) is 12.4 Å². The molecule has 5 nitrogen and oxygen atoms in total. The molecule has 1 aliphatic heterocycles. The molecule has 1 saturated heterocycles. The average molecular weight is 300 g/mol. The second-order valence-corrected chi connectivity index (χ2v) is 6.06. The summed E-state index contributed by atoms with van der Waals surface area (Å²) in [6.07, 6.45) is 5.26. The molecule has 5 heteroatoms. The van der Waals surface area contributed by atoms with E-state index in [1.54, 1.807) is 6.33 Å². The largest absolute Gasteiger partial charge is 0.376 e. The van der Waals surface area contributed by atoms with E-state index in [4.69, 9.17) is 4.74 Å². The number of piperidine rings is 1. The van der Waals surface area contributed by atoms with Gasteiger partial charge in [0, 0.05) is 25.4 Å². The molecule has 0 saturated carbocycles. The van der Waals surface area contributed by atoms with Crippen molar-refractivity contribution in [1.82, 2.24) is 15.0 Å². The van der Waals surface area contributed by atoms with E-state index in [1.165, 1.54) is 5.56 Å². The third-order valence-corrected chi connectivity index (χ3v) is 4.14. The van der Waals surface area contributed by atoms with E-state index in [0.717, 1.165) is 61.5 Å². The number of ether oxygens (including phenoxy) is 1. The van der Waals surface area contributed by atoms with Gasteiger partial charge in [-0.25, -0.2) is 15.0 Å². The van der Waals surface area contributed by atoms with Crippen LogP contribution in [-0.2, 0) is 4.74 Å². The van der Waals surface area contributed by atoms with Gasteiger partial charge in [-0.3, -0.25) is 0 Å². The molecule has 0 unspecified atom stereocenters. The van der Waals surface area contributed by atoms with E-state index in [0.29, 0.717) is 6.10 Å². The molecule has 0 aliphatic carbocycles. The lowest BCUT2D eigenvalue weighted by Gasteiger charge is -2.34. The van der Waals surface area contributed by atoms with Crippen molar-refractivity contribution >= 4 is 16.9 Å². The fourth-order valence-corrected chi connectivity index (χ4v) is 3.18. The Morgan fingerprint density at radius 3 is 3.00 bits per heavy atom. The Morgan fingerprint density at radius 2 is 2.18 bits per heavy atom. The first-order valence-electron chi connectivity index (χ1n) is 8.14. The Hall–Kier alpha value is -1.75. The lowest BCUT2D eigenvalue weighted by molar-refractivity contribution is 0.0439. The molecular formula is C17H24N4O. The number of aryl methyl sites for hydroxylation is 2. The third kappa shape index (κ3) is 3.04. The Kier molecular flexibility index (Phi) is 4.52. The number of rotatable bonds is 4. The molecule has 0 N–H and O–H groups in total. The first kappa shape index (κ1) is 15.2. The summed E-state index contributed by atoms with van der Waals surface area (Å²) in [4.78, 5) is 15.8. The summed E-state index contributed by atoms with van der Waals surface area (Å²) < 4.78 is 5.94. The topological polar surface area (TPSA) is 51.1 Å². The summed E-state index contributed by atoms with van der Waals surface area (Å²) in [5.74, 6) is 1.000. The van der Waals surface area contributed by atoms with Crippen LogP contribution in [-0.4, -0.2) is 40.8 Å². The van der Waals surface area contributed by atoms with Crippen LogP contribution >= 0.6 is 0 Å². The quantitative estimate of drug-likeness (QED) is 0.868. The van der Waals surface area contributed by atoms with Crippen molar-refractivity contribution in [3.8, 4) is 0 Å². The van der Waals surface area contributed by atoms with Gasteiger partial charge in [-0.2, -0.15) is 0 Å². The van der Waals surface area contributed by atoms with E-state index < -0.39 is 0 Å². The van der Waals surface area contributed by atoms with Crippen LogP contribution in [0.1, 0.15) is 37.4 Å². The standard InChI is InChI=1S/C17H24N4O/c1-4-8-22-14-6-5-7-21(10-14)17-15-12(2)9-13(3)20-16(15)18-11-19-17/h9,11,14H,4-8,10H2,1-3H3/t14-/m1/s1. The molecule has 1 aliphatic rings. The smallest absolute Gasteiger partial charge is 0.165 e. The maximum atomic E-state index is 5.94. The predicted octanol–water partition coefficient (Wildman–Crippen LogP) is 3.04. The number of fused-ring (bicyclic) bond motifs is 1. The monoisotopic (exact) mass is 300 g/mol. The SMILES string of the molecule is CCCO[C@@H]1CCCN(c2ncnc3nc(C)cc(C)c23)C1. The average Bonchev–Trinajstić information content (AvgIpc) is 2.52. The summed E-state index contributed by atoms with van der Waals surface area (Å²) in [7, 11) is 0. The lowest BCUT2D eigenvalue weighted by atomic mass is 10.1. The summed E-state index contributed by atoms with van der Waals surface area (Å²) in [6, 6.07) is 2.10. The van der Waals surface area contributed by atoms with Crippen LogP contribution < -0.4 is 4.90 Å². The molecule has 0 spiro atoms. The number of hydrogen-bond donors (Lipinski definition) is 0. The summed E-state index contributed by atoms with van der Waals surface area (Å²) in [6.45, 7) is 9.02. The van der Waals surface area contributed by atoms with Crippen molar-refractivity contribution in [2.45, 2.75) is 46.1 Å². The van der Waals surface area contributed by atoms with Gasteiger partial charge >= 0.3 is 0 Å². The maximum Gasteiger partial charge on any atom is 0.165 e. The van der Waals surface area contributed by atoms with Gasteiger partial charge in [0.2, 0.25) is 0 Å². The first-order valence-corrected chi connectivity index (χ1v) is 8.14. The normalized spacial score (nSPS) is 18.9. The van der Waals surface area contributed by atoms with Gasteiger partial charge in [-0.1, -0.05) is 6.92 Å². The fourth-order valence-electron chi connectivity index (χ4n) is 3.18. The Morgan fingerprint density at radius 1 is 1.32 bits per heavy atom. The Labute approximate surface area is 131 Å². The predicted molar refractivity (Wildman–Crippen MR) is 88.3 cm³/mol. The van der Waals surface area contributed by atoms with E-state index in [1.807, 2.05) is 6.92 Å². The number of hydrogen-bond acceptors (Lipinski definition) is 5. The van der Waals surface area contributed by atoms with E-state index >= 15 is 0 Å². The maximum absolute atomic E-state index is 5.94. The van der Waals surface area contributed by atoms with Gasteiger partial charge < -0.3 is 9.64 Å². The van der Waals surface area contributed by atoms with Gasteiger partial charge in [-0.15, -0.1) is 0 Å². The molecule has 1 atom stereocenters. The minimum atomic E-state index is 0.303. The molecule has 2 aromatic rings. The third-order valence-electron chi connectivity index (χ3n) is 4.14. The van der Waals surface area contributed by atoms with E-state index in [-0.39, 0.29) is 0 Å².